The summed E-state index contributed by atoms with van der Waals surface area (Å²) in [6.07, 6.45) is 3.19. The van der Waals surface area contributed by atoms with E-state index in [0.29, 0.717) is 17.2 Å². The molecule has 0 N–H and O–H groups in total. The van der Waals surface area contributed by atoms with E-state index < -0.39 is 13.7 Å². The molecule has 0 aliphatic rings. The van der Waals surface area contributed by atoms with Gasteiger partial charge in [-0.2, -0.15) is 0 Å². The molecule has 0 unspecified atom stereocenters. The third kappa shape index (κ3) is 7.26. The van der Waals surface area contributed by atoms with Crippen LogP contribution in [0.4, 0.5) is 0 Å². The molecule has 46 heavy (non-hydrogen) atoms. The van der Waals surface area contributed by atoms with Gasteiger partial charge >= 0.3 is 0 Å². The third-order valence-corrected chi connectivity index (χ3v) is 7.64. The van der Waals surface area contributed by atoms with Crippen LogP contribution in [0.2, 0.25) is 0 Å². The number of pyridine rings is 2. The molecular weight excluding hydrogens is 741 g/mol. The zero-order chi connectivity index (χ0) is 36.3. The van der Waals surface area contributed by atoms with E-state index in [-0.39, 0.29) is 31.2 Å². The summed E-state index contributed by atoms with van der Waals surface area (Å²) < 4.78 is 50.1. The molecule has 3 nitrogen and oxygen atoms in total. The smallest absolute Gasteiger partial charge is 0.0944 e. The summed E-state index contributed by atoms with van der Waals surface area (Å²) in [4.78, 5) is 8.74. The van der Waals surface area contributed by atoms with Crippen molar-refractivity contribution in [1.82, 2.24) is 9.97 Å². The van der Waals surface area contributed by atoms with E-state index in [1.807, 2.05) is 30.5 Å². The molecule has 7 aromatic rings. The number of aromatic nitrogens is 2. The van der Waals surface area contributed by atoms with Gasteiger partial charge in [-0.15, -0.1) is 47.5 Å². The van der Waals surface area contributed by atoms with Crippen molar-refractivity contribution >= 4 is 11.0 Å². The van der Waals surface area contributed by atoms with Crippen molar-refractivity contribution in [3.8, 4) is 45.0 Å². The number of hydrogen-bond donors (Lipinski definition) is 0. The van der Waals surface area contributed by atoms with Gasteiger partial charge in [0.1, 0.15) is 0 Å². The van der Waals surface area contributed by atoms with E-state index in [9.17, 15) is 0 Å². The van der Waals surface area contributed by atoms with Gasteiger partial charge < -0.3 is 9.40 Å². The summed E-state index contributed by atoms with van der Waals surface area (Å²) in [5.41, 5.74) is 9.96. The van der Waals surface area contributed by atoms with Crippen LogP contribution in [0.1, 0.15) is 50.2 Å². The van der Waals surface area contributed by atoms with Crippen molar-refractivity contribution in [3.63, 3.8) is 0 Å². The summed E-state index contributed by atoms with van der Waals surface area (Å²) in [5.74, 6) is 1.34. The Morgan fingerprint density at radius 1 is 0.739 bits per heavy atom. The van der Waals surface area contributed by atoms with Gasteiger partial charge in [0.15, 0.2) is 0 Å². The molecule has 231 valence electrons. The zero-order valence-electron chi connectivity index (χ0n) is 31.8. The molecule has 3 aromatic heterocycles. The van der Waals surface area contributed by atoms with Crippen molar-refractivity contribution in [2.45, 2.75) is 40.4 Å². The molecule has 3 heterocycles. The van der Waals surface area contributed by atoms with Crippen molar-refractivity contribution < 1.29 is 32.7 Å². The van der Waals surface area contributed by atoms with Crippen LogP contribution in [0.3, 0.4) is 0 Å². The molecule has 0 bridgehead atoms. The first-order valence-electron chi connectivity index (χ1n) is 17.9. The van der Waals surface area contributed by atoms with E-state index in [1.165, 1.54) is 30.0 Å². The molecule has 0 fully saturated rings. The molecule has 0 atom stereocenters. The second kappa shape index (κ2) is 14.6. The first-order valence-corrected chi connectivity index (χ1v) is 14.9. The standard InChI is InChI=1S/C29H24NO.C13H12N.Ir/c1-19(2)23-14-15-30-27(18-23)24-16-25-20(3)28(22-12-8-5-9-13-22)31-29(25)26(17-24)21-10-6-4-7-11-21;1-10-3-6-12(7-4-10)13-8-5-11(2)9-14-13;/h4-15,17-19H,1-3H3;3-6,8-9H,1-2H3;/q2*-1;/i;1D3,2D3;. The van der Waals surface area contributed by atoms with E-state index in [4.69, 9.17) is 12.6 Å². The number of fused-ring (bicyclic) bond motifs is 1. The summed E-state index contributed by atoms with van der Waals surface area (Å²) in [6, 6.07) is 41.1. The molecular formula is C42H36IrN2O-2. The predicted octanol–water partition coefficient (Wildman–Crippen LogP) is 11.2. The van der Waals surface area contributed by atoms with E-state index in [0.717, 1.165) is 50.2 Å². The van der Waals surface area contributed by atoms with E-state index >= 15 is 0 Å². The van der Waals surface area contributed by atoms with Crippen LogP contribution in [0.15, 0.2) is 126 Å². The Kier molecular flexibility index (Phi) is 8.13. The number of aryl methyl sites for hydroxylation is 3. The minimum Gasteiger partial charge on any atom is -0.499 e. The maximum atomic E-state index is 7.28. The summed E-state index contributed by atoms with van der Waals surface area (Å²) in [6.45, 7) is 2.18. The predicted molar refractivity (Wildman–Crippen MR) is 186 cm³/mol. The maximum Gasteiger partial charge on any atom is 0.0944 e. The number of furan rings is 1. The third-order valence-electron chi connectivity index (χ3n) is 7.64. The maximum absolute atomic E-state index is 7.28. The fraction of sp³-hybridized carbons (Fsp3) is 0.143. The molecule has 0 spiro atoms. The summed E-state index contributed by atoms with van der Waals surface area (Å²) >= 11 is 0. The first kappa shape index (κ1) is 25.5. The van der Waals surface area contributed by atoms with Crippen LogP contribution in [0.5, 0.6) is 0 Å². The number of nitrogens with zero attached hydrogens (tertiary/aromatic N) is 2. The van der Waals surface area contributed by atoms with Gasteiger partial charge in [0.05, 0.1) is 11.3 Å². The van der Waals surface area contributed by atoms with Crippen molar-refractivity contribution in [2.24, 2.45) is 0 Å². The van der Waals surface area contributed by atoms with Gasteiger partial charge in [0.25, 0.3) is 0 Å². The molecule has 0 amide bonds. The van der Waals surface area contributed by atoms with Crippen LogP contribution in [-0.4, -0.2) is 9.97 Å². The fourth-order valence-corrected chi connectivity index (χ4v) is 5.16. The van der Waals surface area contributed by atoms with Gasteiger partial charge in [-0.1, -0.05) is 123 Å². The molecule has 7 rings (SSSR count). The molecule has 4 aromatic carbocycles. The van der Waals surface area contributed by atoms with Crippen molar-refractivity contribution in [1.29, 1.82) is 0 Å². The second-order valence-electron chi connectivity index (χ2n) is 11.1. The van der Waals surface area contributed by atoms with Gasteiger partial charge in [-0.3, -0.25) is 4.98 Å². The Morgan fingerprint density at radius 2 is 1.46 bits per heavy atom. The van der Waals surface area contributed by atoms with Gasteiger partial charge in [0.2, 0.25) is 0 Å². The van der Waals surface area contributed by atoms with Gasteiger partial charge in [-0.05, 0) is 46.8 Å². The summed E-state index contributed by atoms with van der Waals surface area (Å²) in [7, 11) is 0. The minimum absolute atomic E-state index is 0. The summed E-state index contributed by atoms with van der Waals surface area (Å²) in [5, 5.41) is 1.01. The topological polar surface area (TPSA) is 38.9 Å². The second-order valence-corrected chi connectivity index (χ2v) is 11.1. The van der Waals surface area contributed by atoms with Crippen LogP contribution in [-0.2, 0) is 20.1 Å². The number of hydrogen-bond acceptors (Lipinski definition) is 3. The Morgan fingerprint density at radius 3 is 2.09 bits per heavy atom. The zero-order valence-corrected chi connectivity index (χ0v) is 28.2. The van der Waals surface area contributed by atoms with Crippen molar-refractivity contribution in [2.75, 3.05) is 0 Å². The van der Waals surface area contributed by atoms with Crippen LogP contribution in [0.25, 0.3) is 55.9 Å². The average Bonchev–Trinajstić information content (AvgIpc) is 3.47. The molecule has 0 aliphatic heterocycles. The monoisotopic (exact) mass is 783 g/mol. The quantitative estimate of drug-likeness (QED) is 0.163. The molecule has 4 heteroatoms. The van der Waals surface area contributed by atoms with Crippen LogP contribution in [0, 0.1) is 32.8 Å². The number of rotatable bonds is 5. The van der Waals surface area contributed by atoms with E-state index in [1.54, 1.807) is 12.1 Å². The average molecular weight is 783 g/mol. The fourth-order valence-electron chi connectivity index (χ4n) is 5.16. The van der Waals surface area contributed by atoms with Crippen molar-refractivity contribution in [3.05, 3.63) is 156 Å². The van der Waals surface area contributed by atoms with Gasteiger partial charge in [0, 0.05) is 52.0 Å². The SMILES string of the molecule is Cc1c(-c2ccccc2)oc2c(-c3ccccc3)cc(-c3cc(C(C)C)ccn3)[c-]c12.[2H]C([2H])([2H])c1c[c-]c(-c2ccc(C([2H])([2H])[2H])cn2)cc1.[Ir]. The molecule has 1 radical (unpaired) electrons. The van der Waals surface area contributed by atoms with Crippen LogP contribution >= 0.6 is 0 Å². The Bertz CT molecular complexity index is 2190. The minimum atomic E-state index is -2.18. The largest absolute Gasteiger partial charge is 0.499 e. The molecule has 0 saturated heterocycles. The van der Waals surface area contributed by atoms with Crippen LogP contribution < -0.4 is 0 Å². The molecule has 0 aliphatic carbocycles. The van der Waals surface area contributed by atoms with E-state index in [2.05, 4.69) is 97.5 Å². The molecule has 0 saturated carbocycles. The first-order chi connectivity index (χ1) is 24.3. The Hall–Kier alpha value is -4.63. The number of benzene rings is 4. The Labute approximate surface area is 294 Å². The van der Waals surface area contributed by atoms with Gasteiger partial charge in [-0.25, -0.2) is 0 Å². The normalized spacial score (nSPS) is 13.2. The Balaban J connectivity index is 0.000000217.